The first-order chi connectivity index (χ1) is 16.7. The smallest absolute Gasteiger partial charge is 0.337 e. The van der Waals surface area contributed by atoms with Crippen molar-refractivity contribution in [3.8, 4) is 5.75 Å². The van der Waals surface area contributed by atoms with Crippen molar-refractivity contribution in [2.45, 2.75) is 11.9 Å². The number of thioether (sulfide) groups is 1. The standard InChI is InChI=1S/C28H30N2O3S.2ClH/c1-32-28(31)21-11-12-26-25(19-21)27(24-10-6-5-7-22(24)20-33-26)34-18-17-29-13-15-30(16-14-29)23-8-3-2-4-9-23;;/h2-12,19,27H,13-18,20H2,1H3;2*1H. The van der Waals surface area contributed by atoms with E-state index in [1.807, 2.05) is 23.9 Å². The highest BCUT2D eigenvalue weighted by molar-refractivity contribution is 7.99. The molecule has 0 amide bonds. The normalized spacial score (nSPS) is 16.8. The molecule has 2 heterocycles. The van der Waals surface area contributed by atoms with Gasteiger partial charge in [0.15, 0.2) is 0 Å². The number of esters is 1. The minimum Gasteiger partial charge on any atom is -0.489 e. The molecule has 5 rings (SSSR count). The fraction of sp³-hybridized carbons (Fsp3) is 0.321. The molecule has 0 aromatic heterocycles. The third-order valence-corrected chi connectivity index (χ3v) is 7.88. The van der Waals surface area contributed by atoms with Gasteiger partial charge in [-0.2, -0.15) is 0 Å². The number of anilines is 1. The molecule has 192 valence electrons. The van der Waals surface area contributed by atoms with Crippen LogP contribution in [0.2, 0.25) is 0 Å². The van der Waals surface area contributed by atoms with E-state index in [2.05, 4.69) is 64.4 Å². The highest BCUT2D eigenvalue weighted by Gasteiger charge is 2.27. The number of para-hydroxylation sites is 1. The second kappa shape index (κ2) is 13.2. The Balaban J connectivity index is 0.00000180. The fourth-order valence-electron chi connectivity index (χ4n) is 4.72. The van der Waals surface area contributed by atoms with Crippen LogP contribution in [0.3, 0.4) is 0 Å². The van der Waals surface area contributed by atoms with E-state index in [0.717, 1.165) is 49.8 Å². The van der Waals surface area contributed by atoms with Crippen molar-refractivity contribution in [1.29, 1.82) is 0 Å². The van der Waals surface area contributed by atoms with E-state index in [9.17, 15) is 4.79 Å². The number of carbonyl (C=O) groups is 1. The van der Waals surface area contributed by atoms with E-state index in [-0.39, 0.29) is 36.0 Å². The van der Waals surface area contributed by atoms with Crippen molar-refractivity contribution in [2.75, 3.05) is 50.5 Å². The van der Waals surface area contributed by atoms with Gasteiger partial charge in [0.2, 0.25) is 0 Å². The minimum atomic E-state index is -0.319. The van der Waals surface area contributed by atoms with Crippen molar-refractivity contribution < 1.29 is 14.3 Å². The quantitative estimate of drug-likeness (QED) is 0.361. The van der Waals surface area contributed by atoms with Crippen LogP contribution in [0.5, 0.6) is 5.75 Å². The van der Waals surface area contributed by atoms with Crippen LogP contribution in [-0.2, 0) is 11.3 Å². The van der Waals surface area contributed by atoms with E-state index in [1.54, 1.807) is 6.07 Å². The van der Waals surface area contributed by atoms with Crippen LogP contribution in [0.1, 0.15) is 32.3 Å². The fourth-order valence-corrected chi connectivity index (χ4v) is 6.09. The van der Waals surface area contributed by atoms with Crippen LogP contribution in [0.4, 0.5) is 5.69 Å². The van der Waals surface area contributed by atoms with Crippen molar-refractivity contribution in [3.05, 3.63) is 95.1 Å². The molecule has 2 aliphatic heterocycles. The van der Waals surface area contributed by atoms with Crippen LogP contribution in [0, 0.1) is 0 Å². The largest absolute Gasteiger partial charge is 0.489 e. The lowest BCUT2D eigenvalue weighted by Crippen LogP contribution is -2.47. The summed E-state index contributed by atoms with van der Waals surface area (Å²) in [6.07, 6.45) is 0. The highest BCUT2D eigenvalue weighted by Crippen LogP contribution is 2.44. The molecule has 2 aliphatic rings. The number of methoxy groups -OCH3 is 1. The number of piperazine rings is 1. The molecule has 1 saturated heterocycles. The van der Waals surface area contributed by atoms with Gasteiger partial charge in [-0.25, -0.2) is 4.79 Å². The van der Waals surface area contributed by atoms with Gasteiger partial charge in [-0.05, 0) is 41.5 Å². The van der Waals surface area contributed by atoms with Gasteiger partial charge in [0, 0.05) is 49.7 Å². The number of hydrogen-bond acceptors (Lipinski definition) is 6. The number of ether oxygens (including phenoxy) is 2. The third kappa shape index (κ3) is 6.30. The molecule has 3 aromatic rings. The third-order valence-electron chi connectivity index (χ3n) is 6.62. The number of rotatable bonds is 6. The van der Waals surface area contributed by atoms with Crippen LogP contribution in [0.15, 0.2) is 72.8 Å². The molecule has 1 fully saturated rings. The second-order valence-electron chi connectivity index (χ2n) is 8.65. The van der Waals surface area contributed by atoms with Gasteiger partial charge in [0.25, 0.3) is 0 Å². The second-order valence-corrected chi connectivity index (χ2v) is 9.86. The number of benzene rings is 3. The minimum absolute atomic E-state index is 0. The molecular formula is C28H32Cl2N2O3S. The van der Waals surface area contributed by atoms with Crippen LogP contribution >= 0.6 is 36.6 Å². The number of halogens is 2. The van der Waals surface area contributed by atoms with Gasteiger partial charge in [-0.1, -0.05) is 42.5 Å². The van der Waals surface area contributed by atoms with Crippen molar-refractivity contribution in [3.63, 3.8) is 0 Å². The SMILES string of the molecule is COC(=O)c1ccc2c(c1)C(SCCN1CCN(c3ccccc3)CC1)c1ccccc1CO2.Cl.Cl. The molecule has 0 saturated carbocycles. The number of fused-ring (bicyclic) bond motifs is 2. The maximum absolute atomic E-state index is 12.2. The summed E-state index contributed by atoms with van der Waals surface area (Å²) in [6.45, 7) is 5.84. The van der Waals surface area contributed by atoms with E-state index in [0.29, 0.717) is 12.2 Å². The summed E-state index contributed by atoms with van der Waals surface area (Å²) in [6, 6.07) is 24.8. The molecular weight excluding hydrogens is 515 g/mol. The Morgan fingerprint density at radius 2 is 1.67 bits per heavy atom. The van der Waals surface area contributed by atoms with Crippen LogP contribution < -0.4 is 9.64 Å². The van der Waals surface area contributed by atoms with Gasteiger partial charge in [-0.3, -0.25) is 4.90 Å². The first kappa shape index (κ1) is 28.2. The Labute approximate surface area is 230 Å². The Kier molecular flexibility index (Phi) is 10.4. The number of nitrogens with zero attached hydrogens (tertiary/aromatic N) is 2. The molecule has 3 aromatic carbocycles. The molecule has 0 aliphatic carbocycles. The number of hydrogen-bond donors (Lipinski definition) is 0. The molecule has 5 nitrogen and oxygen atoms in total. The average molecular weight is 548 g/mol. The van der Waals surface area contributed by atoms with Gasteiger partial charge in [0.1, 0.15) is 12.4 Å². The zero-order chi connectivity index (χ0) is 23.3. The maximum atomic E-state index is 12.2. The van der Waals surface area contributed by atoms with Crippen molar-refractivity contribution in [2.24, 2.45) is 0 Å². The summed E-state index contributed by atoms with van der Waals surface area (Å²) in [5.41, 5.74) is 5.39. The summed E-state index contributed by atoms with van der Waals surface area (Å²) in [5, 5.41) is 0.115. The van der Waals surface area contributed by atoms with Crippen LogP contribution in [0.25, 0.3) is 0 Å². The summed E-state index contributed by atoms with van der Waals surface area (Å²) < 4.78 is 11.1. The zero-order valence-corrected chi connectivity index (χ0v) is 22.7. The zero-order valence-electron chi connectivity index (χ0n) is 20.3. The Hall–Kier alpha value is -2.38. The lowest BCUT2D eigenvalue weighted by atomic mass is 9.98. The monoisotopic (exact) mass is 546 g/mol. The van der Waals surface area contributed by atoms with Gasteiger partial charge < -0.3 is 14.4 Å². The summed E-state index contributed by atoms with van der Waals surface area (Å²) in [7, 11) is 1.42. The van der Waals surface area contributed by atoms with Gasteiger partial charge in [0.05, 0.1) is 17.9 Å². The molecule has 0 spiro atoms. The first-order valence-corrected chi connectivity index (χ1v) is 12.8. The molecule has 36 heavy (non-hydrogen) atoms. The molecule has 1 atom stereocenters. The summed E-state index contributed by atoms with van der Waals surface area (Å²) >= 11 is 1.93. The van der Waals surface area contributed by atoms with E-state index < -0.39 is 0 Å². The predicted molar refractivity (Wildman–Crippen MR) is 152 cm³/mol. The Morgan fingerprint density at radius 1 is 0.944 bits per heavy atom. The topological polar surface area (TPSA) is 42.0 Å². The Morgan fingerprint density at radius 3 is 2.42 bits per heavy atom. The lowest BCUT2D eigenvalue weighted by molar-refractivity contribution is 0.0600. The van der Waals surface area contributed by atoms with E-state index in [4.69, 9.17) is 9.47 Å². The maximum Gasteiger partial charge on any atom is 0.337 e. The van der Waals surface area contributed by atoms with Crippen molar-refractivity contribution >= 4 is 48.2 Å². The summed E-state index contributed by atoms with van der Waals surface area (Å²) in [5.74, 6) is 1.53. The highest BCUT2D eigenvalue weighted by atomic mass is 35.5. The molecule has 8 heteroatoms. The van der Waals surface area contributed by atoms with Crippen molar-refractivity contribution in [1.82, 2.24) is 4.90 Å². The van der Waals surface area contributed by atoms with Crippen LogP contribution in [-0.4, -0.2) is 56.5 Å². The molecule has 0 N–H and O–H groups in total. The first-order valence-electron chi connectivity index (χ1n) is 11.8. The van der Waals surface area contributed by atoms with E-state index >= 15 is 0 Å². The van der Waals surface area contributed by atoms with E-state index in [1.165, 1.54) is 23.9 Å². The lowest BCUT2D eigenvalue weighted by Gasteiger charge is -2.36. The van der Waals surface area contributed by atoms with Gasteiger partial charge >= 0.3 is 5.97 Å². The average Bonchev–Trinajstić information content (AvgIpc) is 3.06. The Bertz CT molecular complexity index is 1140. The molecule has 0 bridgehead atoms. The van der Waals surface area contributed by atoms with Gasteiger partial charge in [-0.15, -0.1) is 36.6 Å². The predicted octanol–water partition coefficient (Wildman–Crippen LogP) is 5.85. The molecule has 1 unspecified atom stereocenters. The number of carbonyl (C=O) groups excluding carboxylic acids is 1. The summed E-state index contributed by atoms with van der Waals surface area (Å²) in [4.78, 5) is 17.2. The molecule has 0 radical (unpaired) electrons.